The first-order valence-corrected chi connectivity index (χ1v) is 11.5. The van der Waals surface area contributed by atoms with Crippen LogP contribution in [0.4, 0.5) is 0 Å². The molecule has 6 rings (SSSR count). The van der Waals surface area contributed by atoms with E-state index >= 15 is 0 Å². The topological polar surface area (TPSA) is 56.4 Å². The minimum atomic E-state index is -0.430. The van der Waals surface area contributed by atoms with Gasteiger partial charge in [-0.15, -0.1) is 0 Å². The molecule has 1 aliphatic carbocycles. The first-order valence-electron chi connectivity index (χ1n) is 11.5. The van der Waals surface area contributed by atoms with Crippen molar-refractivity contribution in [2.75, 3.05) is 6.54 Å². The van der Waals surface area contributed by atoms with Crippen LogP contribution in [0.2, 0.25) is 0 Å². The first-order chi connectivity index (χ1) is 15.2. The maximum atomic E-state index is 13.8. The molecule has 2 amide bonds. The van der Waals surface area contributed by atoms with Crippen molar-refractivity contribution in [2.24, 2.45) is 0 Å². The van der Waals surface area contributed by atoms with E-state index in [-0.39, 0.29) is 30.4 Å². The standard InChI is InChI=1S/C26H27N3O2/c30-23-16-28(18-11-5-2-6-12-18)26(31)22-15-20-19-13-7-8-14-21(19)27-24(20)25(29(22)23)17-9-3-1-4-10-17/h1,3-4,7-10,13-14,18,22,25,27H,2,5-6,11-12,15-16H2/t22-,25?/m0/s1. The summed E-state index contributed by atoms with van der Waals surface area (Å²) in [6, 6.07) is 17.9. The number of fused-ring (bicyclic) bond motifs is 4. The Kier molecular flexibility index (Phi) is 4.37. The number of nitrogens with one attached hydrogen (secondary N) is 1. The van der Waals surface area contributed by atoms with Gasteiger partial charge in [-0.25, -0.2) is 0 Å². The van der Waals surface area contributed by atoms with E-state index in [4.69, 9.17) is 0 Å². The third-order valence-corrected chi connectivity index (χ3v) is 7.42. The number of carbonyl (C=O) groups is 2. The van der Waals surface area contributed by atoms with E-state index in [0.29, 0.717) is 6.42 Å². The second-order valence-electron chi connectivity index (χ2n) is 9.15. The fourth-order valence-electron chi connectivity index (χ4n) is 5.97. The number of aromatic nitrogens is 1. The Morgan fingerprint density at radius 3 is 2.42 bits per heavy atom. The fraction of sp³-hybridized carbons (Fsp3) is 0.385. The van der Waals surface area contributed by atoms with Crippen molar-refractivity contribution in [2.45, 2.75) is 56.7 Å². The molecule has 2 aromatic carbocycles. The van der Waals surface area contributed by atoms with Crippen LogP contribution in [-0.4, -0.2) is 45.2 Å². The summed E-state index contributed by atoms with van der Waals surface area (Å²) in [6.07, 6.45) is 6.15. The Hall–Kier alpha value is -3.08. The normalized spacial score (nSPS) is 24.4. The second-order valence-corrected chi connectivity index (χ2v) is 9.15. The summed E-state index contributed by atoms with van der Waals surface area (Å²) in [5.41, 5.74) is 4.35. The Bertz CT molecular complexity index is 1150. The number of nitrogens with zero attached hydrogens (tertiary/aromatic N) is 2. The van der Waals surface area contributed by atoms with E-state index in [0.717, 1.165) is 47.8 Å². The summed E-state index contributed by atoms with van der Waals surface area (Å²) in [6.45, 7) is 0.207. The maximum absolute atomic E-state index is 13.8. The summed E-state index contributed by atoms with van der Waals surface area (Å²) in [5.74, 6) is 0.191. The molecule has 0 bridgehead atoms. The lowest BCUT2D eigenvalue weighted by atomic mass is 9.85. The van der Waals surface area contributed by atoms with Gasteiger partial charge in [0.15, 0.2) is 0 Å². The van der Waals surface area contributed by atoms with Gasteiger partial charge in [-0.3, -0.25) is 9.59 Å². The summed E-state index contributed by atoms with van der Waals surface area (Å²) < 4.78 is 0. The molecule has 1 N–H and O–H groups in total. The van der Waals surface area contributed by atoms with Gasteiger partial charge in [0.2, 0.25) is 11.8 Å². The second kappa shape index (κ2) is 7.26. The Balaban J connectivity index is 1.48. The average molecular weight is 414 g/mol. The van der Waals surface area contributed by atoms with Crippen molar-refractivity contribution in [1.82, 2.24) is 14.8 Å². The minimum Gasteiger partial charge on any atom is -0.356 e. The van der Waals surface area contributed by atoms with Crippen LogP contribution in [0.1, 0.15) is 55.0 Å². The molecule has 158 valence electrons. The summed E-state index contributed by atoms with van der Waals surface area (Å²) in [7, 11) is 0. The van der Waals surface area contributed by atoms with Crippen LogP contribution in [0.3, 0.4) is 0 Å². The van der Waals surface area contributed by atoms with E-state index < -0.39 is 6.04 Å². The molecule has 3 aromatic rings. The smallest absolute Gasteiger partial charge is 0.246 e. The molecule has 1 unspecified atom stereocenters. The Labute approximate surface area is 182 Å². The van der Waals surface area contributed by atoms with E-state index in [1.165, 1.54) is 12.0 Å². The summed E-state index contributed by atoms with van der Waals surface area (Å²) in [4.78, 5) is 34.7. The third kappa shape index (κ3) is 2.90. The van der Waals surface area contributed by atoms with Crippen LogP contribution in [0.5, 0.6) is 0 Å². The van der Waals surface area contributed by atoms with Gasteiger partial charge in [-0.1, -0.05) is 67.8 Å². The highest BCUT2D eigenvalue weighted by Crippen LogP contribution is 2.43. The molecule has 0 radical (unpaired) electrons. The van der Waals surface area contributed by atoms with Crippen LogP contribution >= 0.6 is 0 Å². The fourth-order valence-corrected chi connectivity index (χ4v) is 5.97. The predicted octanol–water partition coefficient (Wildman–Crippen LogP) is 4.19. The Morgan fingerprint density at radius 2 is 1.61 bits per heavy atom. The number of aromatic amines is 1. The third-order valence-electron chi connectivity index (χ3n) is 7.42. The highest BCUT2D eigenvalue weighted by atomic mass is 16.2. The zero-order chi connectivity index (χ0) is 20.9. The van der Waals surface area contributed by atoms with Gasteiger partial charge in [0.05, 0.1) is 6.04 Å². The van der Waals surface area contributed by atoms with Crippen LogP contribution in [0, 0.1) is 0 Å². The molecular formula is C26H27N3O2. The number of hydrogen-bond donors (Lipinski definition) is 1. The first kappa shape index (κ1) is 18.7. The monoisotopic (exact) mass is 413 g/mol. The van der Waals surface area contributed by atoms with Crippen molar-refractivity contribution < 1.29 is 9.59 Å². The lowest BCUT2D eigenvalue weighted by Crippen LogP contribution is -2.64. The van der Waals surface area contributed by atoms with Gasteiger partial charge < -0.3 is 14.8 Å². The van der Waals surface area contributed by atoms with E-state index in [1.54, 1.807) is 0 Å². The summed E-state index contributed by atoms with van der Waals surface area (Å²) in [5, 5.41) is 1.16. The van der Waals surface area contributed by atoms with Crippen LogP contribution in [0.25, 0.3) is 10.9 Å². The molecular weight excluding hydrogens is 386 g/mol. The van der Waals surface area contributed by atoms with Crippen molar-refractivity contribution >= 4 is 22.7 Å². The SMILES string of the molecule is O=C1[C@@H]2Cc3c([nH]c4ccccc34)C(c3ccccc3)N2C(=O)CN1C1CCCCC1. The van der Waals surface area contributed by atoms with E-state index in [2.05, 4.69) is 29.2 Å². The van der Waals surface area contributed by atoms with E-state index in [1.807, 2.05) is 40.1 Å². The molecule has 1 saturated carbocycles. The quantitative estimate of drug-likeness (QED) is 0.685. The number of rotatable bonds is 2. The van der Waals surface area contributed by atoms with Gasteiger partial charge >= 0.3 is 0 Å². The lowest BCUT2D eigenvalue weighted by molar-refractivity contribution is -0.161. The maximum Gasteiger partial charge on any atom is 0.246 e. The lowest BCUT2D eigenvalue weighted by Gasteiger charge is -2.49. The van der Waals surface area contributed by atoms with Crippen LogP contribution < -0.4 is 0 Å². The largest absolute Gasteiger partial charge is 0.356 e. The molecule has 3 heterocycles. The molecule has 5 heteroatoms. The van der Waals surface area contributed by atoms with Gasteiger partial charge in [-0.05, 0) is 30.0 Å². The van der Waals surface area contributed by atoms with Crippen LogP contribution in [-0.2, 0) is 16.0 Å². The molecule has 1 aromatic heterocycles. The molecule has 31 heavy (non-hydrogen) atoms. The van der Waals surface area contributed by atoms with Crippen molar-refractivity contribution in [3.8, 4) is 0 Å². The van der Waals surface area contributed by atoms with Gasteiger partial charge in [-0.2, -0.15) is 0 Å². The number of carbonyl (C=O) groups excluding carboxylic acids is 2. The summed E-state index contributed by atoms with van der Waals surface area (Å²) >= 11 is 0. The molecule has 2 aliphatic heterocycles. The Morgan fingerprint density at radius 1 is 0.871 bits per heavy atom. The average Bonchev–Trinajstić information content (AvgIpc) is 3.19. The van der Waals surface area contributed by atoms with Crippen molar-refractivity contribution in [3.63, 3.8) is 0 Å². The van der Waals surface area contributed by atoms with E-state index in [9.17, 15) is 9.59 Å². The molecule has 5 nitrogen and oxygen atoms in total. The molecule has 1 saturated heterocycles. The number of piperazine rings is 1. The molecule has 0 spiro atoms. The highest BCUT2D eigenvalue weighted by molar-refractivity contribution is 5.97. The number of hydrogen-bond acceptors (Lipinski definition) is 2. The number of para-hydroxylation sites is 1. The minimum absolute atomic E-state index is 0.0633. The van der Waals surface area contributed by atoms with Crippen LogP contribution in [0.15, 0.2) is 54.6 Å². The van der Waals surface area contributed by atoms with Crippen molar-refractivity contribution in [3.05, 3.63) is 71.4 Å². The molecule has 2 fully saturated rings. The zero-order valence-corrected chi connectivity index (χ0v) is 17.6. The van der Waals surface area contributed by atoms with Gasteiger partial charge in [0.25, 0.3) is 0 Å². The number of benzene rings is 2. The van der Waals surface area contributed by atoms with Gasteiger partial charge in [0.1, 0.15) is 12.6 Å². The molecule has 2 atom stereocenters. The van der Waals surface area contributed by atoms with Crippen molar-refractivity contribution in [1.29, 1.82) is 0 Å². The number of H-pyrrole nitrogens is 1. The highest BCUT2D eigenvalue weighted by Gasteiger charge is 2.49. The van der Waals surface area contributed by atoms with Gasteiger partial charge in [0, 0.05) is 29.1 Å². The zero-order valence-electron chi connectivity index (χ0n) is 17.6. The number of amides is 2. The molecule has 3 aliphatic rings. The predicted molar refractivity (Wildman–Crippen MR) is 120 cm³/mol.